The molecule has 0 bridgehead atoms. The third kappa shape index (κ3) is 4.97. The summed E-state index contributed by atoms with van der Waals surface area (Å²) in [6.07, 6.45) is 4.64. The summed E-state index contributed by atoms with van der Waals surface area (Å²) in [7, 11) is 1.65. The Hall–Kier alpha value is -3.53. The summed E-state index contributed by atoms with van der Waals surface area (Å²) in [6.45, 7) is 2.28. The molecule has 10 heteroatoms. The normalized spacial score (nSPS) is 18.0. The molecule has 0 aliphatic heterocycles. The molecule has 1 aliphatic rings. The molecular formula is C25H28N6O3S. The van der Waals surface area contributed by atoms with Crippen LogP contribution in [0.3, 0.4) is 0 Å². The number of amides is 1. The predicted molar refractivity (Wildman–Crippen MR) is 137 cm³/mol. The summed E-state index contributed by atoms with van der Waals surface area (Å²) >= 11 is 1.39. The number of thioether (sulfide) groups is 1. The first-order chi connectivity index (χ1) is 17.0. The molecule has 2 aromatic carbocycles. The summed E-state index contributed by atoms with van der Waals surface area (Å²) in [5, 5.41) is 12.7. The maximum Gasteiger partial charge on any atom is 0.323 e. The number of ether oxygens (including phenoxy) is 1. The first-order valence-electron chi connectivity index (χ1n) is 11.8. The number of benzene rings is 2. The topological polar surface area (TPSA) is 118 Å². The number of imidazole rings is 1. The number of carbonyl (C=O) groups excluding carboxylic acids is 1. The van der Waals surface area contributed by atoms with E-state index in [-0.39, 0.29) is 23.4 Å². The van der Waals surface area contributed by atoms with E-state index in [1.54, 1.807) is 25.3 Å². The van der Waals surface area contributed by atoms with E-state index in [4.69, 9.17) is 4.74 Å². The highest BCUT2D eigenvalue weighted by Gasteiger charge is 2.29. The average molecular weight is 493 g/mol. The zero-order chi connectivity index (χ0) is 24.4. The highest BCUT2D eigenvalue weighted by atomic mass is 32.2. The lowest BCUT2D eigenvalue weighted by molar-refractivity contribution is -0.113. The Morgan fingerprint density at radius 1 is 1.11 bits per heavy atom. The van der Waals surface area contributed by atoms with E-state index in [1.807, 2.05) is 24.3 Å². The van der Waals surface area contributed by atoms with Crippen LogP contribution in [0.2, 0.25) is 0 Å². The van der Waals surface area contributed by atoms with Gasteiger partial charge in [-0.1, -0.05) is 31.5 Å². The number of H-pyrrole nitrogens is 2. The summed E-state index contributed by atoms with van der Waals surface area (Å²) < 4.78 is 7.52. The van der Waals surface area contributed by atoms with Crippen LogP contribution in [0, 0.1) is 5.92 Å². The molecule has 1 fully saturated rings. The Balaban J connectivity index is 1.36. The van der Waals surface area contributed by atoms with Gasteiger partial charge in [-0.05, 0) is 61.2 Å². The minimum atomic E-state index is -0.275. The van der Waals surface area contributed by atoms with Crippen molar-refractivity contribution < 1.29 is 9.53 Å². The molecule has 0 unspecified atom stereocenters. The number of hydrogen-bond acceptors (Lipinski definition) is 6. The van der Waals surface area contributed by atoms with Gasteiger partial charge in [-0.2, -0.15) is 0 Å². The first kappa shape index (κ1) is 23.2. The molecule has 9 nitrogen and oxygen atoms in total. The van der Waals surface area contributed by atoms with Gasteiger partial charge in [0.05, 0.1) is 23.9 Å². The quantitative estimate of drug-likeness (QED) is 0.325. The Labute approximate surface area is 206 Å². The van der Waals surface area contributed by atoms with Crippen LogP contribution in [-0.4, -0.2) is 43.5 Å². The number of fused-ring (bicyclic) bond motifs is 1. The van der Waals surface area contributed by atoms with Crippen molar-refractivity contribution in [1.82, 2.24) is 24.7 Å². The van der Waals surface area contributed by atoms with E-state index in [1.165, 1.54) is 31.0 Å². The van der Waals surface area contributed by atoms with Gasteiger partial charge in [0.15, 0.2) is 11.0 Å². The number of carbonyl (C=O) groups is 1. The molecule has 2 heterocycles. The van der Waals surface area contributed by atoms with Crippen molar-refractivity contribution in [3.8, 4) is 17.1 Å². The fraction of sp³-hybridized carbons (Fsp3) is 0.360. The van der Waals surface area contributed by atoms with E-state index < -0.39 is 0 Å². The second kappa shape index (κ2) is 9.99. The number of hydrogen-bond donors (Lipinski definition) is 3. The lowest BCUT2D eigenvalue weighted by Gasteiger charge is -2.31. The van der Waals surface area contributed by atoms with E-state index in [0.717, 1.165) is 28.7 Å². The summed E-state index contributed by atoms with van der Waals surface area (Å²) in [4.78, 5) is 29.6. The van der Waals surface area contributed by atoms with Crippen molar-refractivity contribution in [2.24, 2.45) is 5.92 Å². The SMILES string of the molecule is COc1ccc(-c2nnc(SCC(=O)Nc3ccc4[nH]c(=O)[nH]c4c3)n2[C@@H]2CCCC[C@@H]2C)cc1. The number of methoxy groups -OCH3 is 1. The van der Waals surface area contributed by atoms with Crippen LogP contribution in [0.25, 0.3) is 22.4 Å². The Kier molecular flexibility index (Phi) is 6.63. The first-order valence-corrected chi connectivity index (χ1v) is 12.7. The van der Waals surface area contributed by atoms with Crippen LogP contribution in [-0.2, 0) is 4.79 Å². The molecule has 2 aromatic heterocycles. The minimum Gasteiger partial charge on any atom is -0.497 e. The van der Waals surface area contributed by atoms with Crippen LogP contribution < -0.4 is 15.7 Å². The van der Waals surface area contributed by atoms with Crippen molar-refractivity contribution >= 4 is 34.4 Å². The van der Waals surface area contributed by atoms with Crippen LogP contribution >= 0.6 is 11.8 Å². The van der Waals surface area contributed by atoms with Gasteiger partial charge in [-0.3, -0.25) is 9.36 Å². The number of aromatic amines is 2. The lowest BCUT2D eigenvalue weighted by atomic mass is 9.85. The number of anilines is 1. The summed E-state index contributed by atoms with van der Waals surface area (Å²) in [5.41, 5.74) is 2.67. The zero-order valence-corrected chi connectivity index (χ0v) is 20.5. The number of nitrogens with one attached hydrogen (secondary N) is 3. The number of nitrogens with zero attached hydrogens (tertiary/aromatic N) is 3. The molecule has 182 valence electrons. The zero-order valence-electron chi connectivity index (χ0n) is 19.7. The van der Waals surface area contributed by atoms with Crippen molar-refractivity contribution in [1.29, 1.82) is 0 Å². The second-order valence-corrected chi connectivity index (χ2v) is 9.85. The van der Waals surface area contributed by atoms with Gasteiger partial charge in [-0.25, -0.2) is 4.79 Å². The van der Waals surface area contributed by atoms with Crippen molar-refractivity contribution in [3.05, 3.63) is 52.9 Å². The largest absolute Gasteiger partial charge is 0.497 e. The maximum atomic E-state index is 12.7. The molecule has 0 radical (unpaired) electrons. The van der Waals surface area contributed by atoms with Crippen molar-refractivity contribution in [2.45, 2.75) is 43.8 Å². The highest BCUT2D eigenvalue weighted by molar-refractivity contribution is 7.99. The standard InChI is InChI=1S/C25H28N6O3S/c1-15-5-3-4-6-21(15)31-23(16-7-10-18(34-2)11-8-16)29-30-25(31)35-14-22(32)26-17-9-12-19-20(13-17)28-24(33)27-19/h7-13,15,21H,3-6,14H2,1-2H3,(H,26,32)(H2,27,28,33)/t15-,21+/m0/s1. The van der Waals surface area contributed by atoms with Gasteiger partial charge in [-0.15, -0.1) is 10.2 Å². The number of aromatic nitrogens is 5. The second-order valence-electron chi connectivity index (χ2n) is 8.91. The van der Waals surface area contributed by atoms with Gasteiger partial charge in [0.1, 0.15) is 5.75 Å². The molecule has 0 saturated heterocycles. The molecule has 3 N–H and O–H groups in total. The summed E-state index contributed by atoms with van der Waals surface area (Å²) in [5.74, 6) is 2.16. The van der Waals surface area contributed by atoms with Crippen LogP contribution in [0.5, 0.6) is 5.75 Å². The highest BCUT2D eigenvalue weighted by Crippen LogP contribution is 2.39. The number of rotatable bonds is 7. The Morgan fingerprint density at radius 3 is 2.66 bits per heavy atom. The monoisotopic (exact) mass is 492 g/mol. The van der Waals surface area contributed by atoms with Gasteiger partial charge in [0.25, 0.3) is 0 Å². The molecule has 1 amide bonds. The van der Waals surface area contributed by atoms with Crippen LogP contribution in [0.15, 0.2) is 52.4 Å². The Bertz CT molecular complexity index is 1390. The molecule has 1 aliphatic carbocycles. The smallest absolute Gasteiger partial charge is 0.323 e. The summed E-state index contributed by atoms with van der Waals surface area (Å²) in [6, 6.07) is 13.4. The van der Waals surface area contributed by atoms with E-state index in [9.17, 15) is 9.59 Å². The third-order valence-corrected chi connectivity index (χ3v) is 7.49. The van der Waals surface area contributed by atoms with Gasteiger partial charge >= 0.3 is 5.69 Å². The molecular weight excluding hydrogens is 464 g/mol. The van der Waals surface area contributed by atoms with Gasteiger partial charge in [0, 0.05) is 17.3 Å². The van der Waals surface area contributed by atoms with Gasteiger partial charge in [0.2, 0.25) is 5.91 Å². The van der Waals surface area contributed by atoms with Gasteiger partial charge < -0.3 is 20.0 Å². The minimum absolute atomic E-state index is 0.149. The van der Waals surface area contributed by atoms with Crippen LogP contribution in [0.1, 0.15) is 38.6 Å². The van der Waals surface area contributed by atoms with Crippen molar-refractivity contribution in [2.75, 3.05) is 18.2 Å². The molecule has 35 heavy (non-hydrogen) atoms. The molecule has 2 atom stereocenters. The molecule has 0 spiro atoms. The molecule has 1 saturated carbocycles. The van der Waals surface area contributed by atoms with Crippen LogP contribution in [0.4, 0.5) is 5.69 Å². The van der Waals surface area contributed by atoms with E-state index >= 15 is 0 Å². The fourth-order valence-electron chi connectivity index (χ4n) is 4.73. The lowest BCUT2D eigenvalue weighted by Crippen LogP contribution is -2.23. The fourth-order valence-corrected chi connectivity index (χ4v) is 5.52. The average Bonchev–Trinajstić information content (AvgIpc) is 3.45. The Morgan fingerprint density at radius 2 is 1.89 bits per heavy atom. The third-order valence-electron chi connectivity index (χ3n) is 6.54. The van der Waals surface area contributed by atoms with E-state index in [2.05, 4.69) is 37.0 Å². The maximum absolute atomic E-state index is 12.7. The predicted octanol–water partition coefficient (Wildman–Crippen LogP) is 4.61. The van der Waals surface area contributed by atoms with E-state index in [0.29, 0.717) is 22.6 Å². The molecule has 4 aromatic rings. The molecule has 5 rings (SSSR count). The van der Waals surface area contributed by atoms with Crippen molar-refractivity contribution in [3.63, 3.8) is 0 Å².